The minimum Gasteiger partial charge on any atom is -0.459 e. The Morgan fingerprint density at radius 3 is 2.81 bits per heavy atom. The quantitative estimate of drug-likeness (QED) is 0.753. The Labute approximate surface area is 122 Å². The highest BCUT2D eigenvalue weighted by atomic mass is 16.3. The Bertz CT molecular complexity index is 689. The number of furan rings is 1. The van der Waals surface area contributed by atoms with Gasteiger partial charge in [-0.2, -0.15) is 0 Å². The summed E-state index contributed by atoms with van der Waals surface area (Å²) in [5.41, 5.74) is 1.07. The van der Waals surface area contributed by atoms with E-state index < -0.39 is 0 Å². The van der Waals surface area contributed by atoms with Gasteiger partial charge in [-0.1, -0.05) is 42.4 Å². The molecule has 0 radical (unpaired) electrons. The molecule has 3 rings (SSSR count). The summed E-state index contributed by atoms with van der Waals surface area (Å²) in [6, 6.07) is 14.0. The summed E-state index contributed by atoms with van der Waals surface area (Å²) in [6.45, 7) is 3.43. The molecule has 108 valence electrons. The van der Waals surface area contributed by atoms with Crippen molar-refractivity contribution in [2.75, 3.05) is 5.32 Å². The summed E-state index contributed by atoms with van der Waals surface area (Å²) in [7, 11) is 0. The van der Waals surface area contributed by atoms with Crippen LogP contribution in [0.1, 0.15) is 19.1 Å². The van der Waals surface area contributed by atoms with Crippen LogP contribution in [0, 0.1) is 0 Å². The Morgan fingerprint density at radius 2 is 2.00 bits per heavy atom. The van der Waals surface area contributed by atoms with Gasteiger partial charge in [0.25, 0.3) is 0 Å². The van der Waals surface area contributed by atoms with Gasteiger partial charge < -0.3 is 9.73 Å². The van der Waals surface area contributed by atoms with E-state index in [2.05, 4.69) is 27.8 Å². The first kappa shape index (κ1) is 13.4. The van der Waals surface area contributed by atoms with Crippen molar-refractivity contribution in [1.82, 2.24) is 20.2 Å². The van der Waals surface area contributed by atoms with Gasteiger partial charge in [0.1, 0.15) is 11.5 Å². The summed E-state index contributed by atoms with van der Waals surface area (Å²) in [6.07, 6.45) is 0.985. The topological polar surface area (TPSA) is 68.8 Å². The molecular formula is C15H17N5O. The number of benzene rings is 1. The zero-order valence-electron chi connectivity index (χ0n) is 11.9. The molecule has 21 heavy (non-hydrogen) atoms. The fourth-order valence-electron chi connectivity index (χ4n) is 2.09. The molecule has 6 heteroatoms. The standard InChI is InChI=1S/C15H17N5O/c1-2-10-20-15(17-18-19-20)16-11-13-8-9-14(21-13)12-6-4-3-5-7-12/h3-9H,2,10-11H2,1H3,(H,16,17,19). The first-order valence-corrected chi connectivity index (χ1v) is 7.01. The average Bonchev–Trinajstić information content (AvgIpc) is 3.16. The first-order valence-electron chi connectivity index (χ1n) is 7.01. The molecule has 0 fully saturated rings. The van der Waals surface area contributed by atoms with Crippen molar-refractivity contribution in [2.45, 2.75) is 26.4 Å². The average molecular weight is 283 g/mol. The van der Waals surface area contributed by atoms with Crippen LogP contribution in [0.3, 0.4) is 0 Å². The maximum atomic E-state index is 5.83. The Morgan fingerprint density at radius 1 is 1.14 bits per heavy atom. The maximum absolute atomic E-state index is 5.83. The molecule has 1 N–H and O–H groups in total. The van der Waals surface area contributed by atoms with Crippen LogP contribution in [-0.4, -0.2) is 20.2 Å². The third kappa shape index (κ3) is 3.10. The highest BCUT2D eigenvalue weighted by molar-refractivity contribution is 5.57. The zero-order chi connectivity index (χ0) is 14.5. The predicted octanol–water partition coefficient (Wildman–Crippen LogP) is 2.96. The molecule has 2 aromatic heterocycles. The van der Waals surface area contributed by atoms with Gasteiger partial charge in [0, 0.05) is 12.1 Å². The van der Waals surface area contributed by atoms with Crippen molar-refractivity contribution in [3.05, 3.63) is 48.2 Å². The number of tetrazole rings is 1. The van der Waals surface area contributed by atoms with Crippen LogP contribution in [0.15, 0.2) is 46.9 Å². The lowest BCUT2D eigenvalue weighted by molar-refractivity contribution is 0.528. The van der Waals surface area contributed by atoms with Gasteiger partial charge >= 0.3 is 0 Å². The van der Waals surface area contributed by atoms with E-state index >= 15 is 0 Å². The van der Waals surface area contributed by atoms with Crippen LogP contribution in [-0.2, 0) is 13.1 Å². The van der Waals surface area contributed by atoms with Crippen LogP contribution >= 0.6 is 0 Å². The molecule has 0 amide bonds. The fourth-order valence-corrected chi connectivity index (χ4v) is 2.09. The van der Waals surface area contributed by atoms with Crippen molar-refractivity contribution in [1.29, 1.82) is 0 Å². The second kappa shape index (κ2) is 6.21. The first-order chi connectivity index (χ1) is 10.4. The normalized spacial score (nSPS) is 10.7. The molecule has 0 unspecified atom stereocenters. The summed E-state index contributed by atoms with van der Waals surface area (Å²) in [5, 5.41) is 14.8. The number of anilines is 1. The van der Waals surface area contributed by atoms with E-state index in [1.54, 1.807) is 4.68 Å². The number of hydrogen-bond acceptors (Lipinski definition) is 5. The van der Waals surface area contributed by atoms with E-state index in [0.29, 0.717) is 12.5 Å². The van der Waals surface area contributed by atoms with Gasteiger partial charge in [-0.05, 0) is 29.0 Å². The largest absolute Gasteiger partial charge is 0.459 e. The third-order valence-electron chi connectivity index (χ3n) is 3.11. The van der Waals surface area contributed by atoms with Crippen molar-refractivity contribution < 1.29 is 4.42 Å². The number of aromatic nitrogens is 4. The SMILES string of the molecule is CCCn1nnnc1NCc1ccc(-c2ccccc2)o1. The summed E-state index contributed by atoms with van der Waals surface area (Å²) >= 11 is 0. The van der Waals surface area contributed by atoms with E-state index in [-0.39, 0.29) is 0 Å². The van der Waals surface area contributed by atoms with E-state index in [1.807, 2.05) is 42.5 Å². The predicted molar refractivity (Wildman–Crippen MR) is 79.6 cm³/mol. The molecule has 2 heterocycles. The monoisotopic (exact) mass is 283 g/mol. The molecular weight excluding hydrogens is 266 g/mol. The lowest BCUT2D eigenvalue weighted by Gasteiger charge is -2.04. The number of rotatable bonds is 6. The Hall–Kier alpha value is -2.63. The molecule has 0 aliphatic heterocycles. The third-order valence-corrected chi connectivity index (χ3v) is 3.11. The molecule has 0 saturated carbocycles. The highest BCUT2D eigenvalue weighted by Gasteiger charge is 2.07. The Balaban J connectivity index is 1.66. The second-order valence-corrected chi connectivity index (χ2v) is 4.71. The van der Waals surface area contributed by atoms with Crippen LogP contribution in [0.4, 0.5) is 5.95 Å². The van der Waals surface area contributed by atoms with Crippen LogP contribution in [0.5, 0.6) is 0 Å². The molecule has 0 aliphatic carbocycles. The van der Waals surface area contributed by atoms with Crippen molar-refractivity contribution in [2.24, 2.45) is 0 Å². The molecule has 0 atom stereocenters. The van der Waals surface area contributed by atoms with Gasteiger partial charge in [-0.25, -0.2) is 4.68 Å². The van der Waals surface area contributed by atoms with E-state index in [4.69, 9.17) is 4.42 Å². The number of hydrogen-bond donors (Lipinski definition) is 1. The summed E-state index contributed by atoms with van der Waals surface area (Å²) < 4.78 is 7.58. The number of nitrogens with one attached hydrogen (secondary N) is 1. The lowest BCUT2D eigenvalue weighted by atomic mass is 10.2. The molecule has 1 aromatic carbocycles. The van der Waals surface area contributed by atoms with Crippen molar-refractivity contribution in [3.63, 3.8) is 0 Å². The summed E-state index contributed by atoms with van der Waals surface area (Å²) in [5.74, 6) is 2.37. The smallest absolute Gasteiger partial charge is 0.243 e. The molecule has 3 aromatic rings. The number of nitrogens with zero attached hydrogens (tertiary/aromatic N) is 4. The van der Waals surface area contributed by atoms with Crippen molar-refractivity contribution in [3.8, 4) is 11.3 Å². The summed E-state index contributed by atoms with van der Waals surface area (Å²) in [4.78, 5) is 0. The van der Waals surface area contributed by atoms with Crippen LogP contribution < -0.4 is 5.32 Å². The molecule has 0 saturated heterocycles. The maximum Gasteiger partial charge on any atom is 0.243 e. The Kier molecular flexibility index (Phi) is 3.95. The van der Waals surface area contributed by atoms with E-state index in [9.17, 15) is 0 Å². The van der Waals surface area contributed by atoms with E-state index in [0.717, 1.165) is 30.0 Å². The minimum absolute atomic E-state index is 0.553. The van der Waals surface area contributed by atoms with Crippen LogP contribution in [0.2, 0.25) is 0 Å². The molecule has 0 bridgehead atoms. The van der Waals surface area contributed by atoms with Gasteiger partial charge in [-0.3, -0.25) is 0 Å². The molecule has 0 aliphatic rings. The molecule has 0 spiro atoms. The van der Waals surface area contributed by atoms with Crippen LogP contribution in [0.25, 0.3) is 11.3 Å². The second-order valence-electron chi connectivity index (χ2n) is 4.71. The molecule has 6 nitrogen and oxygen atoms in total. The van der Waals surface area contributed by atoms with Gasteiger partial charge in [0.15, 0.2) is 0 Å². The zero-order valence-corrected chi connectivity index (χ0v) is 11.9. The fraction of sp³-hybridized carbons (Fsp3) is 0.267. The van der Waals surface area contributed by atoms with Gasteiger partial charge in [0.05, 0.1) is 6.54 Å². The van der Waals surface area contributed by atoms with Crippen molar-refractivity contribution >= 4 is 5.95 Å². The van der Waals surface area contributed by atoms with E-state index in [1.165, 1.54) is 0 Å². The lowest BCUT2D eigenvalue weighted by Crippen LogP contribution is -2.08. The van der Waals surface area contributed by atoms with Gasteiger partial charge in [-0.15, -0.1) is 0 Å². The van der Waals surface area contributed by atoms with Gasteiger partial charge in [0.2, 0.25) is 5.95 Å². The highest BCUT2D eigenvalue weighted by Crippen LogP contribution is 2.22. The number of aryl methyl sites for hydroxylation is 1. The minimum atomic E-state index is 0.553.